The van der Waals surface area contributed by atoms with Gasteiger partial charge in [-0.1, -0.05) is 0 Å². The van der Waals surface area contributed by atoms with E-state index in [0.717, 1.165) is 0 Å². The predicted octanol–water partition coefficient (Wildman–Crippen LogP) is 4.15. The number of aryl methyl sites for hydroxylation is 1. The number of benzene rings is 1. The number of nitrogen functional groups attached to an aromatic ring is 1. The van der Waals surface area contributed by atoms with Gasteiger partial charge in [0.05, 0.1) is 15.8 Å². The molecule has 1 aromatic carbocycles. The van der Waals surface area contributed by atoms with Crippen molar-refractivity contribution in [3.63, 3.8) is 0 Å². The van der Waals surface area contributed by atoms with Crippen LogP contribution >= 0.6 is 27.3 Å². The average molecular weight is 315 g/mol. The van der Waals surface area contributed by atoms with Gasteiger partial charge in [0.2, 0.25) is 0 Å². The second-order valence-electron chi connectivity index (χ2n) is 3.73. The lowest BCUT2D eigenvalue weighted by atomic mass is 10.2. The molecule has 2 rings (SSSR count). The Morgan fingerprint density at radius 3 is 2.88 bits per heavy atom. The van der Waals surface area contributed by atoms with E-state index in [2.05, 4.69) is 34.2 Å². The largest absolute Gasteiger partial charge is 0.397 e. The van der Waals surface area contributed by atoms with Crippen LogP contribution in [0.1, 0.15) is 10.4 Å². The SMILES string of the molecule is Cc1ccsc1CNc1cc(F)c(Br)cc1N. The van der Waals surface area contributed by atoms with Crippen LogP contribution in [0.25, 0.3) is 0 Å². The first-order valence-corrected chi connectivity index (χ1v) is 6.76. The highest BCUT2D eigenvalue weighted by Crippen LogP contribution is 2.27. The van der Waals surface area contributed by atoms with Crippen LogP contribution in [0.4, 0.5) is 15.8 Å². The van der Waals surface area contributed by atoms with Crippen LogP contribution in [0, 0.1) is 12.7 Å². The van der Waals surface area contributed by atoms with E-state index in [9.17, 15) is 4.39 Å². The molecular formula is C12H12BrFN2S. The molecule has 0 unspecified atom stereocenters. The highest BCUT2D eigenvalue weighted by atomic mass is 79.9. The maximum atomic E-state index is 13.4. The van der Waals surface area contributed by atoms with E-state index in [4.69, 9.17) is 5.73 Å². The maximum Gasteiger partial charge on any atom is 0.139 e. The molecule has 17 heavy (non-hydrogen) atoms. The molecule has 0 spiro atoms. The zero-order valence-corrected chi connectivity index (χ0v) is 11.7. The highest BCUT2D eigenvalue weighted by Gasteiger charge is 2.06. The number of anilines is 2. The quantitative estimate of drug-likeness (QED) is 0.835. The summed E-state index contributed by atoms with van der Waals surface area (Å²) in [5.41, 5.74) is 8.21. The first kappa shape index (κ1) is 12.4. The Hall–Kier alpha value is -1.07. The Morgan fingerprint density at radius 2 is 2.24 bits per heavy atom. The van der Waals surface area contributed by atoms with E-state index in [-0.39, 0.29) is 5.82 Å². The van der Waals surface area contributed by atoms with Crippen molar-refractivity contribution in [2.24, 2.45) is 0 Å². The van der Waals surface area contributed by atoms with E-state index < -0.39 is 0 Å². The molecule has 0 fully saturated rings. The van der Waals surface area contributed by atoms with Gasteiger partial charge in [0.15, 0.2) is 0 Å². The van der Waals surface area contributed by atoms with Crippen LogP contribution in [-0.2, 0) is 6.54 Å². The second kappa shape index (κ2) is 5.06. The molecule has 0 atom stereocenters. The van der Waals surface area contributed by atoms with Crippen molar-refractivity contribution < 1.29 is 4.39 Å². The number of hydrogen-bond donors (Lipinski definition) is 2. The molecule has 2 aromatic rings. The fourth-order valence-corrected chi connectivity index (χ4v) is 2.68. The van der Waals surface area contributed by atoms with E-state index in [1.807, 2.05) is 5.38 Å². The number of thiophene rings is 1. The van der Waals surface area contributed by atoms with Crippen LogP contribution in [0.5, 0.6) is 0 Å². The minimum Gasteiger partial charge on any atom is -0.397 e. The smallest absolute Gasteiger partial charge is 0.139 e. The van der Waals surface area contributed by atoms with Crippen molar-refractivity contribution in [1.82, 2.24) is 0 Å². The van der Waals surface area contributed by atoms with Crippen LogP contribution in [-0.4, -0.2) is 0 Å². The highest BCUT2D eigenvalue weighted by molar-refractivity contribution is 9.10. The third-order valence-corrected chi connectivity index (χ3v) is 4.13. The third kappa shape index (κ3) is 2.79. The van der Waals surface area contributed by atoms with Gasteiger partial charge in [-0.05, 0) is 45.9 Å². The molecule has 0 aliphatic carbocycles. The lowest BCUT2D eigenvalue weighted by Gasteiger charge is -2.10. The van der Waals surface area contributed by atoms with E-state index in [0.29, 0.717) is 22.4 Å². The standard InChI is InChI=1S/C12H12BrFN2S/c1-7-2-3-17-12(7)6-16-11-5-9(14)8(13)4-10(11)15/h2-5,16H,6,15H2,1H3. The van der Waals surface area contributed by atoms with Gasteiger partial charge in [-0.2, -0.15) is 0 Å². The third-order valence-electron chi connectivity index (χ3n) is 2.50. The Balaban J connectivity index is 2.14. The Labute approximate surface area is 112 Å². The van der Waals surface area contributed by atoms with Gasteiger partial charge in [-0.15, -0.1) is 11.3 Å². The van der Waals surface area contributed by atoms with Crippen molar-refractivity contribution in [1.29, 1.82) is 0 Å². The van der Waals surface area contributed by atoms with Crippen LogP contribution < -0.4 is 11.1 Å². The monoisotopic (exact) mass is 314 g/mol. The average Bonchev–Trinajstić information content (AvgIpc) is 2.68. The van der Waals surface area contributed by atoms with Gasteiger partial charge in [-0.25, -0.2) is 4.39 Å². The summed E-state index contributed by atoms with van der Waals surface area (Å²) in [6.07, 6.45) is 0. The lowest BCUT2D eigenvalue weighted by Crippen LogP contribution is -2.03. The summed E-state index contributed by atoms with van der Waals surface area (Å²) in [6.45, 7) is 2.72. The Morgan fingerprint density at radius 1 is 1.47 bits per heavy atom. The molecule has 3 N–H and O–H groups in total. The van der Waals surface area contributed by atoms with Gasteiger partial charge >= 0.3 is 0 Å². The number of rotatable bonds is 3. The molecule has 0 saturated heterocycles. The number of nitrogens with one attached hydrogen (secondary N) is 1. The summed E-state index contributed by atoms with van der Waals surface area (Å²) < 4.78 is 13.7. The van der Waals surface area contributed by atoms with Crippen LogP contribution in [0.15, 0.2) is 28.1 Å². The van der Waals surface area contributed by atoms with E-state index in [1.165, 1.54) is 16.5 Å². The van der Waals surface area contributed by atoms with Crippen LogP contribution in [0.2, 0.25) is 0 Å². The zero-order chi connectivity index (χ0) is 12.4. The first-order valence-electron chi connectivity index (χ1n) is 5.09. The topological polar surface area (TPSA) is 38.0 Å². The summed E-state index contributed by atoms with van der Waals surface area (Å²) in [4.78, 5) is 1.23. The number of hydrogen-bond acceptors (Lipinski definition) is 3. The Kier molecular flexibility index (Phi) is 3.69. The van der Waals surface area contributed by atoms with Gasteiger partial charge in [0.1, 0.15) is 5.82 Å². The van der Waals surface area contributed by atoms with Gasteiger partial charge in [-0.3, -0.25) is 0 Å². The zero-order valence-electron chi connectivity index (χ0n) is 9.26. The normalized spacial score (nSPS) is 10.5. The van der Waals surface area contributed by atoms with Crippen molar-refractivity contribution in [3.05, 3.63) is 44.3 Å². The van der Waals surface area contributed by atoms with Gasteiger partial charge in [0.25, 0.3) is 0 Å². The van der Waals surface area contributed by atoms with Crippen molar-refractivity contribution in [2.45, 2.75) is 13.5 Å². The molecule has 5 heteroatoms. The predicted molar refractivity (Wildman–Crippen MR) is 74.9 cm³/mol. The molecule has 0 bridgehead atoms. The number of halogens is 2. The van der Waals surface area contributed by atoms with Crippen molar-refractivity contribution in [2.75, 3.05) is 11.1 Å². The van der Waals surface area contributed by atoms with E-state index >= 15 is 0 Å². The number of nitrogens with two attached hydrogens (primary N) is 1. The lowest BCUT2D eigenvalue weighted by molar-refractivity contribution is 0.622. The summed E-state index contributed by atoms with van der Waals surface area (Å²) in [5.74, 6) is -0.315. The summed E-state index contributed by atoms with van der Waals surface area (Å²) >= 11 is 4.78. The fourth-order valence-electron chi connectivity index (χ4n) is 1.48. The molecule has 1 aromatic heterocycles. The molecule has 0 radical (unpaired) electrons. The van der Waals surface area contributed by atoms with Gasteiger partial charge in [0, 0.05) is 17.5 Å². The minimum atomic E-state index is -0.315. The second-order valence-corrected chi connectivity index (χ2v) is 5.59. The van der Waals surface area contributed by atoms with E-state index in [1.54, 1.807) is 17.4 Å². The molecule has 0 amide bonds. The van der Waals surface area contributed by atoms with Crippen molar-refractivity contribution in [3.8, 4) is 0 Å². The minimum absolute atomic E-state index is 0.315. The molecule has 0 saturated carbocycles. The molecule has 0 aliphatic rings. The fraction of sp³-hybridized carbons (Fsp3) is 0.167. The molecule has 90 valence electrons. The van der Waals surface area contributed by atoms with Gasteiger partial charge < -0.3 is 11.1 Å². The summed E-state index contributed by atoms with van der Waals surface area (Å²) in [6, 6.07) is 5.04. The molecule has 1 heterocycles. The van der Waals surface area contributed by atoms with Crippen molar-refractivity contribution >= 4 is 38.6 Å². The first-order chi connectivity index (χ1) is 8.08. The molecule has 0 aliphatic heterocycles. The van der Waals surface area contributed by atoms with Crippen LogP contribution in [0.3, 0.4) is 0 Å². The molecule has 2 nitrogen and oxygen atoms in total. The molecular weight excluding hydrogens is 303 g/mol. The summed E-state index contributed by atoms with van der Waals surface area (Å²) in [7, 11) is 0. The summed E-state index contributed by atoms with van der Waals surface area (Å²) in [5, 5.41) is 5.19. The maximum absolute atomic E-state index is 13.4. The Bertz CT molecular complexity index is 539.